The molecule has 3 heteroatoms. The van der Waals surface area contributed by atoms with Crippen molar-refractivity contribution in [1.82, 2.24) is 10.3 Å². The molecule has 1 aliphatic heterocycles. The molecule has 1 fully saturated rings. The molecule has 0 bridgehead atoms. The lowest BCUT2D eigenvalue weighted by Crippen LogP contribution is -2.43. The van der Waals surface area contributed by atoms with Crippen molar-refractivity contribution in [3.8, 4) is 0 Å². The summed E-state index contributed by atoms with van der Waals surface area (Å²) in [5.74, 6) is 0.788. The summed E-state index contributed by atoms with van der Waals surface area (Å²) in [5, 5.41) is 3.26. The van der Waals surface area contributed by atoms with Gasteiger partial charge < -0.3 is 5.32 Å². The number of halogens is 1. The molecule has 2 nitrogen and oxygen atoms in total. The van der Waals surface area contributed by atoms with Crippen LogP contribution in [-0.2, 0) is 6.42 Å². The Labute approximate surface area is 80.5 Å². The van der Waals surface area contributed by atoms with Gasteiger partial charge in [-0.25, -0.2) is 0 Å². The quantitative estimate of drug-likeness (QED) is 0.830. The average molecular weight is 227 g/mol. The molecule has 1 aromatic heterocycles. The zero-order valence-corrected chi connectivity index (χ0v) is 8.34. The molecule has 12 heavy (non-hydrogen) atoms. The van der Waals surface area contributed by atoms with Gasteiger partial charge in [-0.05, 0) is 53.5 Å². The Balaban J connectivity index is 2.06. The Bertz CT molecular complexity index is 271. The van der Waals surface area contributed by atoms with E-state index in [0.717, 1.165) is 29.9 Å². The van der Waals surface area contributed by atoms with Crippen LogP contribution < -0.4 is 5.32 Å². The molecule has 0 saturated carbocycles. The van der Waals surface area contributed by atoms with E-state index in [1.54, 1.807) is 0 Å². The van der Waals surface area contributed by atoms with E-state index in [0.29, 0.717) is 0 Å². The second-order valence-corrected chi connectivity index (χ2v) is 4.01. The fraction of sp³-hybridized carbons (Fsp3) is 0.444. The molecule has 2 rings (SSSR count). The summed E-state index contributed by atoms with van der Waals surface area (Å²) in [6.07, 6.45) is 2.95. The van der Waals surface area contributed by atoms with Gasteiger partial charge in [0, 0.05) is 10.7 Å². The molecule has 1 saturated heterocycles. The second kappa shape index (κ2) is 3.54. The van der Waals surface area contributed by atoms with Crippen LogP contribution in [0.2, 0.25) is 0 Å². The highest BCUT2D eigenvalue weighted by Crippen LogP contribution is 2.18. The lowest BCUT2D eigenvalue weighted by atomic mass is 9.97. The number of nitrogens with zero attached hydrogens (tertiary/aromatic N) is 1. The highest BCUT2D eigenvalue weighted by Gasteiger charge is 2.18. The van der Waals surface area contributed by atoms with Crippen molar-refractivity contribution in [2.45, 2.75) is 6.42 Å². The Kier molecular flexibility index (Phi) is 2.42. The van der Waals surface area contributed by atoms with Gasteiger partial charge in [0.25, 0.3) is 0 Å². The van der Waals surface area contributed by atoms with Crippen molar-refractivity contribution in [2.24, 2.45) is 5.92 Å². The predicted octanol–water partition coefficient (Wildman–Crippen LogP) is 1.61. The Morgan fingerprint density at radius 3 is 3.00 bits per heavy atom. The Hall–Kier alpha value is -0.410. The minimum absolute atomic E-state index is 0.788. The van der Waals surface area contributed by atoms with Gasteiger partial charge in [-0.3, -0.25) is 4.98 Å². The third-order valence-electron chi connectivity index (χ3n) is 2.18. The summed E-state index contributed by atoms with van der Waals surface area (Å²) in [6, 6.07) is 4.00. The Morgan fingerprint density at radius 2 is 2.42 bits per heavy atom. The van der Waals surface area contributed by atoms with Crippen LogP contribution in [-0.4, -0.2) is 18.1 Å². The number of nitrogens with one attached hydrogen (secondary N) is 1. The number of hydrogen-bond donors (Lipinski definition) is 1. The van der Waals surface area contributed by atoms with E-state index in [1.807, 2.05) is 12.3 Å². The third kappa shape index (κ3) is 1.67. The first-order chi connectivity index (χ1) is 5.86. The standard InChI is InChI=1S/C9H11BrN2/c10-8-2-1-3-12-9(8)4-7-5-11-6-7/h1-3,7,11H,4-6H2. The fourth-order valence-corrected chi connectivity index (χ4v) is 1.75. The highest BCUT2D eigenvalue weighted by molar-refractivity contribution is 9.10. The summed E-state index contributed by atoms with van der Waals surface area (Å²) < 4.78 is 1.14. The smallest absolute Gasteiger partial charge is 0.0549 e. The highest BCUT2D eigenvalue weighted by atomic mass is 79.9. The van der Waals surface area contributed by atoms with Crippen molar-refractivity contribution in [3.63, 3.8) is 0 Å². The maximum Gasteiger partial charge on any atom is 0.0549 e. The van der Waals surface area contributed by atoms with Gasteiger partial charge >= 0.3 is 0 Å². The molecular weight excluding hydrogens is 216 g/mol. The van der Waals surface area contributed by atoms with Crippen molar-refractivity contribution < 1.29 is 0 Å². The molecule has 0 atom stereocenters. The van der Waals surface area contributed by atoms with Crippen LogP contribution in [0.5, 0.6) is 0 Å². The van der Waals surface area contributed by atoms with Gasteiger partial charge in [0.1, 0.15) is 0 Å². The summed E-state index contributed by atoms with van der Waals surface area (Å²) in [6.45, 7) is 2.28. The van der Waals surface area contributed by atoms with Crippen LogP contribution in [0.15, 0.2) is 22.8 Å². The summed E-state index contributed by atoms with van der Waals surface area (Å²) in [7, 11) is 0. The van der Waals surface area contributed by atoms with Crippen molar-refractivity contribution >= 4 is 15.9 Å². The molecular formula is C9H11BrN2. The maximum atomic E-state index is 4.33. The van der Waals surface area contributed by atoms with E-state index in [4.69, 9.17) is 0 Å². The predicted molar refractivity (Wildman–Crippen MR) is 52.0 cm³/mol. The van der Waals surface area contributed by atoms with Gasteiger partial charge in [-0.15, -0.1) is 0 Å². The molecule has 1 aromatic rings. The van der Waals surface area contributed by atoms with Gasteiger partial charge in [0.15, 0.2) is 0 Å². The average Bonchev–Trinajstić information content (AvgIpc) is 2.00. The first-order valence-electron chi connectivity index (χ1n) is 4.16. The number of rotatable bonds is 2. The van der Waals surface area contributed by atoms with Crippen molar-refractivity contribution in [3.05, 3.63) is 28.5 Å². The zero-order chi connectivity index (χ0) is 8.39. The maximum absolute atomic E-state index is 4.33. The SMILES string of the molecule is Brc1cccnc1CC1CNC1. The van der Waals surface area contributed by atoms with E-state index in [2.05, 4.69) is 32.3 Å². The minimum Gasteiger partial charge on any atom is -0.316 e. The van der Waals surface area contributed by atoms with Crippen LogP contribution in [0.1, 0.15) is 5.69 Å². The molecule has 1 N–H and O–H groups in total. The van der Waals surface area contributed by atoms with Gasteiger partial charge in [0.2, 0.25) is 0 Å². The van der Waals surface area contributed by atoms with Crippen LogP contribution in [0.3, 0.4) is 0 Å². The number of aromatic nitrogens is 1. The second-order valence-electron chi connectivity index (χ2n) is 3.16. The van der Waals surface area contributed by atoms with E-state index >= 15 is 0 Å². The molecule has 0 spiro atoms. The minimum atomic E-state index is 0.788. The molecule has 0 aliphatic carbocycles. The molecule has 0 radical (unpaired) electrons. The van der Waals surface area contributed by atoms with Crippen molar-refractivity contribution in [1.29, 1.82) is 0 Å². The largest absolute Gasteiger partial charge is 0.316 e. The van der Waals surface area contributed by atoms with Gasteiger partial charge in [0.05, 0.1) is 5.69 Å². The van der Waals surface area contributed by atoms with E-state index in [9.17, 15) is 0 Å². The van der Waals surface area contributed by atoms with Crippen LogP contribution >= 0.6 is 15.9 Å². The van der Waals surface area contributed by atoms with Crippen molar-refractivity contribution in [2.75, 3.05) is 13.1 Å². The molecule has 0 amide bonds. The topological polar surface area (TPSA) is 24.9 Å². The third-order valence-corrected chi connectivity index (χ3v) is 2.90. The van der Waals surface area contributed by atoms with Gasteiger partial charge in [-0.1, -0.05) is 0 Å². The number of hydrogen-bond acceptors (Lipinski definition) is 2. The molecule has 2 heterocycles. The van der Waals surface area contributed by atoms with E-state index in [1.165, 1.54) is 5.69 Å². The molecule has 0 unspecified atom stereocenters. The monoisotopic (exact) mass is 226 g/mol. The fourth-order valence-electron chi connectivity index (χ4n) is 1.33. The number of pyridine rings is 1. The van der Waals surface area contributed by atoms with E-state index < -0.39 is 0 Å². The summed E-state index contributed by atoms with van der Waals surface area (Å²) in [5.41, 5.74) is 1.18. The molecule has 64 valence electrons. The first kappa shape index (κ1) is 8.20. The summed E-state index contributed by atoms with van der Waals surface area (Å²) >= 11 is 3.50. The van der Waals surface area contributed by atoms with Gasteiger partial charge in [-0.2, -0.15) is 0 Å². The lowest BCUT2D eigenvalue weighted by Gasteiger charge is -2.26. The first-order valence-corrected chi connectivity index (χ1v) is 4.95. The van der Waals surface area contributed by atoms with Crippen LogP contribution in [0, 0.1) is 5.92 Å². The molecule has 1 aliphatic rings. The Morgan fingerprint density at radius 1 is 1.58 bits per heavy atom. The van der Waals surface area contributed by atoms with E-state index in [-0.39, 0.29) is 0 Å². The summed E-state index contributed by atoms with van der Waals surface area (Å²) in [4.78, 5) is 4.33. The lowest BCUT2D eigenvalue weighted by molar-refractivity contribution is 0.343. The molecule has 0 aromatic carbocycles. The van der Waals surface area contributed by atoms with Crippen LogP contribution in [0.25, 0.3) is 0 Å². The van der Waals surface area contributed by atoms with Crippen LogP contribution in [0.4, 0.5) is 0 Å². The normalized spacial score (nSPS) is 17.4. The zero-order valence-electron chi connectivity index (χ0n) is 6.76.